The molecule has 5 heteroatoms. The smallest absolute Gasteiger partial charge is 0.258 e. The Morgan fingerprint density at radius 1 is 1.04 bits per heavy atom. The third-order valence-electron chi connectivity index (χ3n) is 5.41. The predicted molar refractivity (Wildman–Crippen MR) is 108 cm³/mol. The molecule has 144 valence electrons. The van der Waals surface area contributed by atoms with Crippen molar-refractivity contribution in [1.29, 1.82) is 0 Å². The van der Waals surface area contributed by atoms with Gasteiger partial charge in [0.25, 0.3) is 5.91 Å². The highest BCUT2D eigenvalue weighted by Gasteiger charge is 2.33. The maximum absolute atomic E-state index is 13.3. The fourth-order valence-electron chi connectivity index (χ4n) is 3.98. The quantitative estimate of drug-likeness (QED) is 0.725. The zero-order valence-electron chi connectivity index (χ0n) is 16.0. The molecule has 3 aromatic rings. The van der Waals surface area contributed by atoms with Crippen LogP contribution in [0.1, 0.15) is 34.8 Å². The van der Waals surface area contributed by atoms with Crippen LogP contribution in [0.25, 0.3) is 10.8 Å². The zero-order valence-corrected chi connectivity index (χ0v) is 16.0. The van der Waals surface area contributed by atoms with Crippen LogP contribution < -0.4 is 9.47 Å². The van der Waals surface area contributed by atoms with E-state index in [1.165, 1.54) is 0 Å². The van der Waals surface area contributed by atoms with E-state index in [2.05, 4.69) is 0 Å². The van der Waals surface area contributed by atoms with E-state index >= 15 is 0 Å². The van der Waals surface area contributed by atoms with Crippen LogP contribution in [-0.4, -0.2) is 36.7 Å². The van der Waals surface area contributed by atoms with Gasteiger partial charge < -0.3 is 19.5 Å². The van der Waals surface area contributed by atoms with Crippen molar-refractivity contribution in [1.82, 2.24) is 4.90 Å². The Labute approximate surface area is 164 Å². The molecule has 0 saturated carbocycles. The van der Waals surface area contributed by atoms with Gasteiger partial charge in [0, 0.05) is 18.2 Å². The molecule has 0 aromatic heterocycles. The Hall–Kier alpha value is -3.21. The number of nitrogens with zero attached hydrogens (tertiary/aromatic N) is 1. The lowest BCUT2D eigenvalue weighted by atomic mass is 10.0. The third-order valence-corrected chi connectivity index (χ3v) is 5.41. The number of aromatic hydroxyl groups is 1. The first kappa shape index (κ1) is 18.2. The minimum absolute atomic E-state index is 0.0102. The number of phenols is 1. The van der Waals surface area contributed by atoms with Gasteiger partial charge in [-0.2, -0.15) is 0 Å². The summed E-state index contributed by atoms with van der Waals surface area (Å²) in [5.74, 6) is 1.26. The zero-order chi connectivity index (χ0) is 19.7. The van der Waals surface area contributed by atoms with E-state index in [0.29, 0.717) is 23.6 Å². The summed E-state index contributed by atoms with van der Waals surface area (Å²) in [7, 11) is 3.23. The van der Waals surface area contributed by atoms with Gasteiger partial charge in [0.1, 0.15) is 17.2 Å². The van der Waals surface area contributed by atoms with E-state index < -0.39 is 0 Å². The number of methoxy groups -OCH3 is 2. The Bertz CT molecular complexity index is 1030. The second-order valence-electron chi connectivity index (χ2n) is 6.98. The normalized spacial score (nSPS) is 16.4. The van der Waals surface area contributed by atoms with Gasteiger partial charge in [-0.05, 0) is 47.9 Å². The first-order valence-electron chi connectivity index (χ1n) is 9.37. The van der Waals surface area contributed by atoms with Crippen molar-refractivity contribution < 1.29 is 19.4 Å². The van der Waals surface area contributed by atoms with Gasteiger partial charge in [0.15, 0.2) is 0 Å². The molecular weight excluding hydrogens is 354 g/mol. The number of hydrogen-bond acceptors (Lipinski definition) is 4. The van der Waals surface area contributed by atoms with Crippen molar-refractivity contribution in [3.8, 4) is 17.2 Å². The molecule has 1 fully saturated rings. The molecule has 0 aliphatic carbocycles. The highest BCUT2D eigenvalue weighted by Crippen LogP contribution is 2.40. The standard InChI is InChI=1S/C23H23NO4/c1-27-17-9-10-18(22(14-17)28-2)20-8-5-11-24(20)23(26)19-12-15-6-3-4-7-16(15)13-21(19)25/h3-4,6-7,9-10,12-14,20,25H,5,8,11H2,1-2H3. The fourth-order valence-corrected chi connectivity index (χ4v) is 3.98. The average molecular weight is 377 g/mol. The molecule has 5 nitrogen and oxygen atoms in total. The molecule has 1 atom stereocenters. The second-order valence-corrected chi connectivity index (χ2v) is 6.98. The molecule has 1 aliphatic heterocycles. The highest BCUT2D eigenvalue weighted by atomic mass is 16.5. The van der Waals surface area contributed by atoms with Crippen LogP contribution in [0.4, 0.5) is 0 Å². The van der Waals surface area contributed by atoms with E-state index in [-0.39, 0.29) is 17.7 Å². The lowest BCUT2D eigenvalue weighted by Gasteiger charge is -2.27. The van der Waals surface area contributed by atoms with Gasteiger partial charge >= 0.3 is 0 Å². The van der Waals surface area contributed by atoms with Crippen molar-refractivity contribution in [3.05, 3.63) is 65.7 Å². The molecular formula is C23H23NO4. The molecule has 1 N–H and O–H groups in total. The summed E-state index contributed by atoms with van der Waals surface area (Å²) in [6.07, 6.45) is 1.75. The first-order valence-corrected chi connectivity index (χ1v) is 9.37. The lowest BCUT2D eigenvalue weighted by molar-refractivity contribution is 0.0731. The van der Waals surface area contributed by atoms with Gasteiger partial charge in [-0.3, -0.25) is 4.79 Å². The molecule has 1 heterocycles. The number of phenolic OH excluding ortho intramolecular Hbond substituents is 1. The Morgan fingerprint density at radius 2 is 1.79 bits per heavy atom. The topological polar surface area (TPSA) is 59.0 Å². The largest absolute Gasteiger partial charge is 0.507 e. The van der Waals surface area contributed by atoms with Crippen molar-refractivity contribution in [2.75, 3.05) is 20.8 Å². The molecule has 0 radical (unpaired) electrons. The third kappa shape index (κ3) is 3.13. The number of carbonyl (C=O) groups excluding carboxylic acids is 1. The summed E-state index contributed by atoms with van der Waals surface area (Å²) in [6.45, 7) is 0.644. The van der Waals surface area contributed by atoms with E-state index in [0.717, 1.165) is 29.2 Å². The molecule has 3 aromatic carbocycles. The maximum atomic E-state index is 13.3. The second kappa shape index (κ2) is 7.43. The van der Waals surface area contributed by atoms with Crippen LogP contribution in [0.15, 0.2) is 54.6 Å². The molecule has 4 rings (SSSR count). The van der Waals surface area contributed by atoms with Gasteiger partial charge in [-0.25, -0.2) is 0 Å². The number of ether oxygens (including phenoxy) is 2. The van der Waals surface area contributed by atoms with Crippen LogP contribution in [0.5, 0.6) is 17.2 Å². The summed E-state index contributed by atoms with van der Waals surface area (Å²) >= 11 is 0. The van der Waals surface area contributed by atoms with Crippen LogP contribution in [0, 0.1) is 0 Å². The van der Waals surface area contributed by atoms with Crippen LogP contribution >= 0.6 is 0 Å². The molecule has 1 unspecified atom stereocenters. The predicted octanol–water partition coefficient (Wildman–Crippen LogP) is 4.54. The lowest BCUT2D eigenvalue weighted by Crippen LogP contribution is -2.30. The summed E-state index contributed by atoms with van der Waals surface area (Å²) < 4.78 is 10.8. The summed E-state index contributed by atoms with van der Waals surface area (Å²) in [4.78, 5) is 15.1. The van der Waals surface area contributed by atoms with E-state index in [4.69, 9.17) is 9.47 Å². The first-order chi connectivity index (χ1) is 13.6. The Kier molecular flexibility index (Phi) is 4.82. The number of carbonyl (C=O) groups is 1. The number of amides is 1. The molecule has 28 heavy (non-hydrogen) atoms. The van der Waals surface area contributed by atoms with E-state index in [9.17, 15) is 9.90 Å². The fraction of sp³-hybridized carbons (Fsp3) is 0.261. The summed E-state index contributed by atoms with van der Waals surface area (Å²) in [6, 6.07) is 16.7. The summed E-state index contributed by atoms with van der Waals surface area (Å²) in [5, 5.41) is 12.3. The van der Waals surface area contributed by atoms with Crippen molar-refractivity contribution >= 4 is 16.7 Å². The Morgan fingerprint density at radius 3 is 2.50 bits per heavy atom. The number of fused-ring (bicyclic) bond motifs is 1. The molecule has 0 spiro atoms. The van der Waals surface area contributed by atoms with Gasteiger partial charge in [0.05, 0.1) is 25.8 Å². The number of likely N-dealkylation sites (tertiary alicyclic amines) is 1. The Balaban J connectivity index is 1.71. The van der Waals surface area contributed by atoms with Crippen molar-refractivity contribution in [2.45, 2.75) is 18.9 Å². The summed E-state index contributed by atoms with van der Waals surface area (Å²) in [5.41, 5.74) is 1.28. The molecule has 1 aliphatic rings. The molecule has 0 bridgehead atoms. The number of rotatable bonds is 4. The SMILES string of the molecule is COc1ccc(C2CCCN2C(=O)c2cc3ccccc3cc2O)c(OC)c1. The number of hydrogen-bond donors (Lipinski definition) is 1. The van der Waals surface area contributed by atoms with Crippen molar-refractivity contribution in [3.63, 3.8) is 0 Å². The van der Waals surface area contributed by atoms with Crippen molar-refractivity contribution in [2.24, 2.45) is 0 Å². The molecule has 1 amide bonds. The van der Waals surface area contributed by atoms with Crippen LogP contribution in [-0.2, 0) is 0 Å². The van der Waals surface area contributed by atoms with Gasteiger partial charge in [-0.15, -0.1) is 0 Å². The van der Waals surface area contributed by atoms with Gasteiger partial charge in [0.2, 0.25) is 0 Å². The van der Waals surface area contributed by atoms with Gasteiger partial charge in [-0.1, -0.05) is 24.3 Å². The number of benzene rings is 3. The van der Waals surface area contributed by atoms with Crippen LogP contribution in [0.3, 0.4) is 0 Å². The highest BCUT2D eigenvalue weighted by molar-refractivity contribution is 6.01. The van der Waals surface area contributed by atoms with E-state index in [1.807, 2.05) is 47.4 Å². The molecule has 1 saturated heterocycles. The average Bonchev–Trinajstić information content (AvgIpc) is 3.21. The minimum Gasteiger partial charge on any atom is -0.507 e. The maximum Gasteiger partial charge on any atom is 0.258 e. The minimum atomic E-state index is -0.163. The van der Waals surface area contributed by atoms with Crippen LogP contribution in [0.2, 0.25) is 0 Å². The monoisotopic (exact) mass is 377 g/mol. The van der Waals surface area contributed by atoms with E-state index in [1.54, 1.807) is 26.4 Å².